The first kappa shape index (κ1) is 12.9. The maximum absolute atomic E-state index is 4.60. The Hall–Kier alpha value is -1.14. The van der Waals surface area contributed by atoms with E-state index in [-0.39, 0.29) is 0 Å². The van der Waals surface area contributed by atoms with Gasteiger partial charge in [0.05, 0.1) is 0 Å². The topological polar surface area (TPSA) is 45.5 Å². The first-order chi connectivity index (χ1) is 9.24. The lowest BCUT2D eigenvalue weighted by molar-refractivity contribution is 0.558. The first-order valence-electron chi connectivity index (χ1n) is 6.69. The van der Waals surface area contributed by atoms with E-state index < -0.39 is 0 Å². The second kappa shape index (κ2) is 5.46. The van der Waals surface area contributed by atoms with E-state index in [1.165, 1.54) is 12.8 Å². The van der Waals surface area contributed by atoms with Gasteiger partial charge in [0.1, 0.15) is 0 Å². The SMILES string of the molecule is CN(c1nc2ccc(Br)cn2n1)C1CCCNCC1. The van der Waals surface area contributed by atoms with E-state index in [9.17, 15) is 0 Å². The predicted molar refractivity (Wildman–Crippen MR) is 79.6 cm³/mol. The van der Waals surface area contributed by atoms with Gasteiger partial charge in [0.15, 0.2) is 5.65 Å². The highest BCUT2D eigenvalue weighted by Crippen LogP contribution is 2.19. The third-order valence-electron chi connectivity index (χ3n) is 3.69. The summed E-state index contributed by atoms with van der Waals surface area (Å²) in [5.41, 5.74) is 0.886. The summed E-state index contributed by atoms with van der Waals surface area (Å²) >= 11 is 3.46. The van der Waals surface area contributed by atoms with Crippen molar-refractivity contribution in [3.05, 3.63) is 22.8 Å². The number of rotatable bonds is 2. The average molecular weight is 324 g/mol. The van der Waals surface area contributed by atoms with Crippen molar-refractivity contribution in [3.63, 3.8) is 0 Å². The minimum Gasteiger partial charge on any atom is -0.340 e. The maximum Gasteiger partial charge on any atom is 0.245 e. The molecule has 0 bridgehead atoms. The van der Waals surface area contributed by atoms with Crippen LogP contribution in [0.5, 0.6) is 0 Å². The van der Waals surface area contributed by atoms with Gasteiger partial charge in [-0.15, -0.1) is 5.10 Å². The summed E-state index contributed by atoms with van der Waals surface area (Å²) in [6.45, 7) is 2.20. The van der Waals surface area contributed by atoms with Crippen molar-refractivity contribution < 1.29 is 0 Å². The molecule has 1 atom stereocenters. The van der Waals surface area contributed by atoms with Crippen LogP contribution in [0.15, 0.2) is 22.8 Å². The molecule has 0 aliphatic carbocycles. The van der Waals surface area contributed by atoms with Gasteiger partial charge < -0.3 is 10.2 Å². The molecule has 6 heteroatoms. The minimum absolute atomic E-state index is 0.524. The summed E-state index contributed by atoms with van der Waals surface area (Å²) in [5, 5.41) is 8.00. The van der Waals surface area contributed by atoms with Crippen molar-refractivity contribution in [2.45, 2.75) is 25.3 Å². The second-order valence-corrected chi connectivity index (χ2v) is 5.92. The number of fused-ring (bicyclic) bond motifs is 1. The molecule has 0 aromatic carbocycles. The molecule has 0 spiro atoms. The molecule has 1 saturated heterocycles. The Morgan fingerprint density at radius 1 is 1.37 bits per heavy atom. The third kappa shape index (κ3) is 2.74. The highest BCUT2D eigenvalue weighted by Gasteiger charge is 2.20. The number of hydrogen-bond donors (Lipinski definition) is 1. The van der Waals surface area contributed by atoms with Gasteiger partial charge in [-0.3, -0.25) is 0 Å². The lowest BCUT2D eigenvalue weighted by atomic mass is 10.1. The van der Waals surface area contributed by atoms with Crippen molar-refractivity contribution in [1.82, 2.24) is 19.9 Å². The molecule has 0 saturated carbocycles. The summed E-state index contributed by atoms with van der Waals surface area (Å²) in [4.78, 5) is 6.81. The molecule has 0 amide bonds. The summed E-state index contributed by atoms with van der Waals surface area (Å²) in [6.07, 6.45) is 5.50. The summed E-state index contributed by atoms with van der Waals surface area (Å²) < 4.78 is 2.84. The molecular weight excluding hydrogens is 306 g/mol. The molecule has 1 aliphatic heterocycles. The Morgan fingerprint density at radius 3 is 3.16 bits per heavy atom. The fourth-order valence-corrected chi connectivity index (χ4v) is 2.87. The molecule has 1 N–H and O–H groups in total. The average Bonchev–Trinajstić information content (AvgIpc) is 2.64. The van der Waals surface area contributed by atoms with E-state index in [4.69, 9.17) is 0 Å². The van der Waals surface area contributed by atoms with E-state index in [0.29, 0.717) is 6.04 Å². The van der Waals surface area contributed by atoms with Gasteiger partial charge in [-0.1, -0.05) is 0 Å². The maximum atomic E-state index is 4.60. The van der Waals surface area contributed by atoms with Crippen molar-refractivity contribution in [3.8, 4) is 0 Å². The van der Waals surface area contributed by atoms with Crippen LogP contribution in [0.25, 0.3) is 5.65 Å². The van der Waals surface area contributed by atoms with Crippen LogP contribution < -0.4 is 10.2 Å². The highest BCUT2D eigenvalue weighted by molar-refractivity contribution is 9.10. The van der Waals surface area contributed by atoms with Crippen molar-refractivity contribution in [2.75, 3.05) is 25.0 Å². The van der Waals surface area contributed by atoms with Crippen LogP contribution in [0.3, 0.4) is 0 Å². The zero-order chi connectivity index (χ0) is 13.2. The quantitative estimate of drug-likeness (QED) is 0.919. The summed E-state index contributed by atoms with van der Waals surface area (Å²) in [6, 6.07) is 4.49. The Balaban J connectivity index is 1.85. The fraction of sp³-hybridized carbons (Fsp3) is 0.538. The standard InChI is InChI=1S/C13H18BrN5/c1-18(11-3-2-7-15-8-6-11)13-16-12-5-4-10(14)9-19(12)17-13/h4-5,9,11,15H,2-3,6-8H2,1H3. The molecule has 3 rings (SSSR count). The third-order valence-corrected chi connectivity index (χ3v) is 4.16. The lowest BCUT2D eigenvalue weighted by Crippen LogP contribution is -2.33. The van der Waals surface area contributed by atoms with Crippen molar-refractivity contribution in [1.29, 1.82) is 0 Å². The van der Waals surface area contributed by atoms with E-state index in [1.54, 1.807) is 0 Å². The number of pyridine rings is 1. The van der Waals surface area contributed by atoms with Gasteiger partial charge in [-0.25, -0.2) is 4.52 Å². The number of nitrogens with zero attached hydrogens (tertiary/aromatic N) is 4. The van der Waals surface area contributed by atoms with Crippen LogP contribution in [0.2, 0.25) is 0 Å². The van der Waals surface area contributed by atoms with Gasteiger partial charge in [0.25, 0.3) is 0 Å². The fourth-order valence-electron chi connectivity index (χ4n) is 2.55. The van der Waals surface area contributed by atoms with Crippen LogP contribution in [-0.4, -0.2) is 40.8 Å². The van der Waals surface area contributed by atoms with Crippen LogP contribution in [0.4, 0.5) is 5.95 Å². The summed E-state index contributed by atoms with van der Waals surface area (Å²) in [5.74, 6) is 0.810. The molecule has 5 nitrogen and oxygen atoms in total. The molecule has 0 radical (unpaired) electrons. The van der Waals surface area contributed by atoms with Crippen molar-refractivity contribution in [2.24, 2.45) is 0 Å². The first-order valence-corrected chi connectivity index (χ1v) is 7.49. The lowest BCUT2D eigenvalue weighted by Gasteiger charge is -2.25. The molecule has 1 fully saturated rings. The van der Waals surface area contributed by atoms with Crippen LogP contribution in [0.1, 0.15) is 19.3 Å². The Bertz CT molecular complexity index is 559. The largest absolute Gasteiger partial charge is 0.340 e. The smallest absolute Gasteiger partial charge is 0.245 e. The second-order valence-electron chi connectivity index (χ2n) is 5.01. The van der Waals surface area contributed by atoms with E-state index >= 15 is 0 Å². The van der Waals surface area contributed by atoms with Crippen LogP contribution >= 0.6 is 15.9 Å². The number of halogens is 1. The van der Waals surface area contributed by atoms with Gasteiger partial charge in [-0.05, 0) is 60.4 Å². The summed E-state index contributed by atoms with van der Waals surface area (Å²) in [7, 11) is 2.10. The van der Waals surface area contributed by atoms with E-state index in [1.807, 2.05) is 22.8 Å². The monoisotopic (exact) mass is 323 g/mol. The molecule has 1 unspecified atom stereocenters. The Labute approximate surface area is 121 Å². The number of aromatic nitrogens is 3. The molecular formula is C13H18BrN5. The van der Waals surface area contributed by atoms with Gasteiger partial charge >= 0.3 is 0 Å². The van der Waals surface area contributed by atoms with Crippen molar-refractivity contribution >= 4 is 27.5 Å². The zero-order valence-electron chi connectivity index (χ0n) is 11.0. The van der Waals surface area contributed by atoms with Gasteiger partial charge in [-0.2, -0.15) is 4.98 Å². The van der Waals surface area contributed by atoms with E-state index in [2.05, 4.69) is 43.3 Å². The highest BCUT2D eigenvalue weighted by atomic mass is 79.9. The minimum atomic E-state index is 0.524. The van der Waals surface area contributed by atoms with Crippen LogP contribution in [-0.2, 0) is 0 Å². The Kier molecular flexibility index (Phi) is 3.70. The molecule has 19 heavy (non-hydrogen) atoms. The molecule has 102 valence electrons. The zero-order valence-corrected chi connectivity index (χ0v) is 12.6. The molecule has 2 aromatic heterocycles. The van der Waals surface area contributed by atoms with Gasteiger partial charge in [0, 0.05) is 23.8 Å². The van der Waals surface area contributed by atoms with E-state index in [0.717, 1.165) is 35.6 Å². The van der Waals surface area contributed by atoms with Crippen LogP contribution in [0, 0.1) is 0 Å². The number of anilines is 1. The molecule has 1 aliphatic rings. The Morgan fingerprint density at radius 2 is 2.26 bits per heavy atom. The normalized spacial score (nSPS) is 20.4. The van der Waals surface area contributed by atoms with Gasteiger partial charge in [0.2, 0.25) is 5.95 Å². The molecule has 3 heterocycles. The molecule has 2 aromatic rings. The number of nitrogens with one attached hydrogen (secondary N) is 1. The number of hydrogen-bond acceptors (Lipinski definition) is 4. The predicted octanol–water partition coefficient (Wildman–Crippen LogP) is 2.07.